The summed E-state index contributed by atoms with van der Waals surface area (Å²) in [4.78, 5) is 23.8. The number of hydrogen-bond acceptors (Lipinski definition) is 3. The van der Waals surface area contributed by atoms with Gasteiger partial charge in [-0.15, -0.1) is 6.58 Å². The molecule has 0 saturated carbocycles. The molecule has 1 heterocycles. The van der Waals surface area contributed by atoms with Crippen molar-refractivity contribution in [1.29, 1.82) is 0 Å². The predicted molar refractivity (Wildman–Crippen MR) is 71.2 cm³/mol. The molecule has 1 aliphatic heterocycles. The van der Waals surface area contributed by atoms with Gasteiger partial charge in [-0.1, -0.05) is 6.08 Å². The number of benzene rings is 1. The van der Waals surface area contributed by atoms with Crippen molar-refractivity contribution in [3.63, 3.8) is 0 Å². The number of amides is 1. The van der Waals surface area contributed by atoms with Crippen molar-refractivity contribution in [3.8, 4) is 0 Å². The minimum absolute atomic E-state index is 0.135. The summed E-state index contributed by atoms with van der Waals surface area (Å²) in [5.74, 6) is -5.35. The largest absolute Gasteiger partial charge is 0.332 e. The summed E-state index contributed by atoms with van der Waals surface area (Å²) in [6.07, 6.45) is 1.08. The maximum Gasteiger partial charge on any atom is 0.237 e. The Hall–Kier alpha value is -2.38. The number of hydrogen-bond donors (Lipinski definition) is 0. The van der Waals surface area contributed by atoms with E-state index in [-0.39, 0.29) is 25.1 Å². The van der Waals surface area contributed by atoms with E-state index >= 15 is 0 Å². The zero-order valence-electron chi connectivity index (χ0n) is 11.5. The summed E-state index contributed by atoms with van der Waals surface area (Å²) < 4.78 is 40.2. The second-order valence-electron chi connectivity index (χ2n) is 5.04. The molecule has 0 radical (unpaired) electrons. The fourth-order valence-corrected chi connectivity index (χ4v) is 2.59. The van der Waals surface area contributed by atoms with Crippen LogP contribution in [0.15, 0.2) is 24.8 Å². The lowest BCUT2D eigenvalue weighted by molar-refractivity contribution is -0.528. The van der Waals surface area contributed by atoms with Crippen molar-refractivity contribution in [2.45, 2.75) is 18.4 Å². The van der Waals surface area contributed by atoms with Gasteiger partial charge in [0.2, 0.25) is 11.9 Å². The van der Waals surface area contributed by atoms with Crippen LogP contribution < -0.4 is 0 Å². The van der Waals surface area contributed by atoms with Gasteiger partial charge in [-0.05, 0) is 6.07 Å². The number of nitro groups is 1. The molecule has 2 rings (SSSR count). The summed E-state index contributed by atoms with van der Waals surface area (Å²) in [6.45, 7) is 3.36. The Bertz CT molecular complexity index is 636. The van der Waals surface area contributed by atoms with E-state index in [0.717, 1.165) is 0 Å². The highest BCUT2D eigenvalue weighted by Gasteiger charge is 2.43. The normalized spacial score (nSPS) is 21.8. The minimum Gasteiger partial charge on any atom is -0.332 e. The van der Waals surface area contributed by atoms with Crippen molar-refractivity contribution in [2.75, 3.05) is 13.1 Å². The van der Waals surface area contributed by atoms with Gasteiger partial charge in [0.1, 0.15) is 5.82 Å². The Kier molecular flexibility index (Phi) is 4.48. The molecule has 1 amide bonds. The average Bonchev–Trinajstić information content (AvgIpc) is 2.44. The molecule has 1 aromatic carbocycles. The van der Waals surface area contributed by atoms with Gasteiger partial charge < -0.3 is 4.90 Å². The van der Waals surface area contributed by atoms with Crippen molar-refractivity contribution >= 4 is 5.91 Å². The van der Waals surface area contributed by atoms with Gasteiger partial charge in [0.05, 0.1) is 12.5 Å². The number of piperidine rings is 1. The first-order valence-electron chi connectivity index (χ1n) is 6.51. The van der Waals surface area contributed by atoms with Crippen molar-refractivity contribution in [1.82, 2.24) is 4.90 Å². The molecule has 0 bridgehead atoms. The third kappa shape index (κ3) is 2.95. The minimum atomic E-state index is -1.38. The molecule has 1 fully saturated rings. The maximum atomic E-state index is 13.9. The quantitative estimate of drug-likeness (QED) is 0.370. The zero-order chi connectivity index (χ0) is 16.4. The number of carbonyl (C=O) groups excluding carboxylic acids is 1. The van der Waals surface area contributed by atoms with Crippen LogP contribution in [0, 0.1) is 27.6 Å². The molecule has 0 spiro atoms. The van der Waals surface area contributed by atoms with Gasteiger partial charge in [-0.2, -0.15) is 0 Å². The topological polar surface area (TPSA) is 63.4 Å². The van der Waals surface area contributed by atoms with Crippen LogP contribution in [0.2, 0.25) is 0 Å². The average molecular weight is 314 g/mol. The lowest BCUT2D eigenvalue weighted by Gasteiger charge is -2.33. The van der Waals surface area contributed by atoms with E-state index in [0.29, 0.717) is 12.1 Å². The van der Waals surface area contributed by atoms with Crippen LogP contribution in [0.25, 0.3) is 0 Å². The monoisotopic (exact) mass is 314 g/mol. The van der Waals surface area contributed by atoms with E-state index in [1.807, 2.05) is 0 Å². The number of likely N-dealkylation sites (tertiary alicyclic amines) is 1. The number of halogens is 3. The molecular formula is C14H13F3N2O3. The molecule has 0 N–H and O–H groups in total. The lowest BCUT2D eigenvalue weighted by atomic mass is 9.84. The molecule has 1 saturated heterocycles. The first kappa shape index (κ1) is 16.0. The third-order valence-corrected chi connectivity index (χ3v) is 3.68. The lowest BCUT2D eigenvalue weighted by Crippen LogP contribution is -2.49. The van der Waals surface area contributed by atoms with Gasteiger partial charge in [-0.25, -0.2) is 13.2 Å². The van der Waals surface area contributed by atoms with E-state index < -0.39 is 40.2 Å². The van der Waals surface area contributed by atoms with Gasteiger partial charge in [0, 0.05) is 29.5 Å². The summed E-state index contributed by atoms with van der Waals surface area (Å²) in [6, 6.07) is -0.373. The number of nitrogens with zero attached hydrogens (tertiary/aromatic N) is 2. The van der Waals surface area contributed by atoms with Crippen molar-refractivity contribution in [2.24, 2.45) is 0 Å². The number of carbonyl (C=O) groups is 1. The third-order valence-electron chi connectivity index (χ3n) is 3.68. The SMILES string of the molecule is C=CCN1C[C@H]([N+](=O)[O-])[C@@H](c2cc(F)c(F)cc2F)CC1=O. The van der Waals surface area contributed by atoms with Crippen LogP contribution in [-0.4, -0.2) is 34.9 Å². The van der Waals surface area contributed by atoms with Crippen LogP contribution in [-0.2, 0) is 4.79 Å². The number of rotatable bonds is 4. The van der Waals surface area contributed by atoms with E-state index in [2.05, 4.69) is 6.58 Å². The van der Waals surface area contributed by atoms with Crippen molar-refractivity contribution in [3.05, 3.63) is 57.9 Å². The van der Waals surface area contributed by atoms with Gasteiger partial charge in [0.15, 0.2) is 11.6 Å². The smallest absolute Gasteiger partial charge is 0.237 e. The molecular weight excluding hydrogens is 301 g/mol. The maximum absolute atomic E-state index is 13.9. The summed E-state index contributed by atoms with van der Waals surface area (Å²) in [7, 11) is 0. The molecule has 0 unspecified atom stereocenters. The first-order valence-corrected chi connectivity index (χ1v) is 6.51. The van der Waals surface area contributed by atoms with Gasteiger partial charge in [0.25, 0.3) is 0 Å². The summed E-state index contributed by atoms with van der Waals surface area (Å²) in [5.41, 5.74) is -0.354. The molecule has 0 aromatic heterocycles. The molecule has 2 atom stereocenters. The molecule has 118 valence electrons. The molecule has 22 heavy (non-hydrogen) atoms. The molecule has 8 heteroatoms. The molecule has 1 aliphatic rings. The second kappa shape index (κ2) is 6.17. The molecule has 0 aliphatic carbocycles. The van der Waals surface area contributed by atoms with Crippen LogP contribution in [0.5, 0.6) is 0 Å². The van der Waals surface area contributed by atoms with Crippen LogP contribution in [0.4, 0.5) is 13.2 Å². The van der Waals surface area contributed by atoms with Crippen LogP contribution in [0.3, 0.4) is 0 Å². The highest BCUT2D eigenvalue weighted by Crippen LogP contribution is 2.33. The standard InChI is InChI=1S/C14H13F3N2O3/c1-2-3-18-7-13(19(21)22)9(5-14(18)20)8-4-11(16)12(17)6-10(8)15/h2,4,6,9,13H,1,3,5,7H2/t9-,13+/m1/s1. The fourth-order valence-electron chi connectivity index (χ4n) is 2.59. The Morgan fingerprint density at radius 1 is 1.32 bits per heavy atom. The first-order chi connectivity index (χ1) is 10.3. The highest BCUT2D eigenvalue weighted by molar-refractivity contribution is 5.78. The Labute approximate surface area is 124 Å². The van der Waals surface area contributed by atoms with E-state index in [1.54, 1.807) is 0 Å². The molecule has 1 aromatic rings. The second-order valence-corrected chi connectivity index (χ2v) is 5.04. The van der Waals surface area contributed by atoms with Crippen molar-refractivity contribution < 1.29 is 22.9 Å². The summed E-state index contributed by atoms with van der Waals surface area (Å²) >= 11 is 0. The summed E-state index contributed by atoms with van der Waals surface area (Å²) in [5, 5.41) is 11.2. The van der Waals surface area contributed by atoms with E-state index in [1.165, 1.54) is 11.0 Å². The van der Waals surface area contributed by atoms with Gasteiger partial charge in [-0.3, -0.25) is 14.9 Å². The Morgan fingerprint density at radius 3 is 2.55 bits per heavy atom. The van der Waals surface area contributed by atoms with Gasteiger partial charge >= 0.3 is 0 Å². The van der Waals surface area contributed by atoms with E-state index in [9.17, 15) is 28.1 Å². The molecule has 5 nitrogen and oxygen atoms in total. The van der Waals surface area contributed by atoms with Crippen LogP contribution in [0.1, 0.15) is 17.9 Å². The fraction of sp³-hybridized carbons (Fsp3) is 0.357. The van der Waals surface area contributed by atoms with Crippen LogP contribution >= 0.6 is 0 Å². The Morgan fingerprint density at radius 2 is 1.95 bits per heavy atom. The van der Waals surface area contributed by atoms with E-state index in [4.69, 9.17) is 0 Å². The Balaban J connectivity index is 2.40. The highest BCUT2D eigenvalue weighted by atomic mass is 19.2. The predicted octanol–water partition coefficient (Wildman–Crippen LogP) is 2.25. The zero-order valence-corrected chi connectivity index (χ0v) is 11.5.